The average Bonchev–Trinajstić information content (AvgIpc) is 2.64. The molecule has 0 saturated carbocycles. The van der Waals surface area contributed by atoms with Crippen LogP contribution in [0, 0.1) is 0 Å². The Hall–Kier alpha value is -1.34. The molecule has 0 unspecified atom stereocenters. The molecule has 0 amide bonds. The van der Waals surface area contributed by atoms with Crippen LogP contribution in [0.4, 0.5) is 24.7 Å². The first-order valence-corrected chi connectivity index (χ1v) is 5.50. The Morgan fingerprint density at radius 1 is 1.24 bits per heavy atom. The summed E-state index contributed by atoms with van der Waals surface area (Å²) in [6.45, 7) is 0. The lowest BCUT2D eigenvalue weighted by Gasteiger charge is -2.09. The third kappa shape index (κ3) is 2.86. The van der Waals surface area contributed by atoms with Gasteiger partial charge < -0.3 is 5.32 Å². The minimum Gasteiger partial charge on any atom is -0.337 e. The highest BCUT2D eigenvalue weighted by Gasteiger charge is 2.30. The molecule has 8 heteroatoms. The van der Waals surface area contributed by atoms with E-state index in [-0.39, 0.29) is 16.7 Å². The Labute approximate surface area is 104 Å². The molecule has 17 heavy (non-hydrogen) atoms. The van der Waals surface area contributed by atoms with Crippen molar-refractivity contribution in [2.45, 2.75) is 6.18 Å². The van der Waals surface area contributed by atoms with Crippen LogP contribution in [-0.4, -0.2) is 8.75 Å². The highest BCUT2D eigenvalue weighted by Crippen LogP contribution is 2.31. The fourth-order valence-electron chi connectivity index (χ4n) is 1.16. The van der Waals surface area contributed by atoms with E-state index in [1.807, 2.05) is 0 Å². The quantitative estimate of drug-likeness (QED) is 0.904. The highest BCUT2D eigenvalue weighted by atomic mass is 35.5. The summed E-state index contributed by atoms with van der Waals surface area (Å²) in [6, 6.07) is 4.77. The summed E-state index contributed by atoms with van der Waals surface area (Å²) in [5, 5.41) is 2.80. The standard InChI is InChI=1S/C9H5ClF3N3S/c10-7-8(16-17-15-7)14-6-3-1-2-5(4-6)9(11,12)13/h1-4H,(H,14,16). The van der Waals surface area contributed by atoms with E-state index in [1.54, 1.807) is 0 Å². The van der Waals surface area contributed by atoms with Crippen LogP contribution in [0.1, 0.15) is 5.56 Å². The van der Waals surface area contributed by atoms with Gasteiger partial charge in [0.25, 0.3) is 0 Å². The van der Waals surface area contributed by atoms with Crippen molar-refractivity contribution in [1.82, 2.24) is 8.75 Å². The summed E-state index contributed by atoms with van der Waals surface area (Å²) in [4.78, 5) is 0. The summed E-state index contributed by atoms with van der Waals surface area (Å²) in [5.74, 6) is 0.246. The second-order valence-corrected chi connectivity index (χ2v) is 3.99. The largest absolute Gasteiger partial charge is 0.416 e. The number of halogens is 4. The molecule has 0 aliphatic rings. The maximum absolute atomic E-state index is 12.4. The lowest BCUT2D eigenvalue weighted by atomic mass is 10.2. The van der Waals surface area contributed by atoms with Gasteiger partial charge in [-0.25, -0.2) is 0 Å². The molecule has 1 heterocycles. The van der Waals surface area contributed by atoms with E-state index in [1.165, 1.54) is 12.1 Å². The zero-order chi connectivity index (χ0) is 12.5. The molecule has 1 aromatic heterocycles. The van der Waals surface area contributed by atoms with Crippen molar-refractivity contribution >= 4 is 34.8 Å². The summed E-state index contributed by atoms with van der Waals surface area (Å²) in [6.07, 6.45) is -4.37. The fourth-order valence-corrected chi connectivity index (χ4v) is 1.81. The van der Waals surface area contributed by atoms with Crippen LogP contribution >= 0.6 is 23.3 Å². The Balaban J connectivity index is 2.26. The first kappa shape index (κ1) is 12.1. The minimum atomic E-state index is -4.37. The predicted octanol–water partition coefficient (Wildman–Crippen LogP) is 3.95. The number of hydrogen-bond acceptors (Lipinski definition) is 4. The van der Waals surface area contributed by atoms with Crippen molar-refractivity contribution in [3.8, 4) is 0 Å². The number of benzene rings is 1. The smallest absolute Gasteiger partial charge is 0.337 e. The maximum atomic E-state index is 12.4. The van der Waals surface area contributed by atoms with Crippen molar-refractivity contribution in [2.75, 3.05) is 5.32 Å². The molecule has 0 bridgehead atoms. The van der Waals surface area contributed by atoms with E-state index in [2.05, 4.69) is 14.1 Å². The predicted molar refractivity (Wildman–Crippen MR) is 59.6 cm³/mol. The van der Waals surface area contributed by atoms with Gasteiger partial charge in [0.2, 0.25) is 0 Å². The first-order valence-electron chi connectivity index (χ1n) is 4.39. The number of aromatic nitrogens is 2. The SMILES string of the molecule is FC(F)(F)c1cccc(Nc2nsnc2Cl)c1. The molecule has 0 aliphatic carbocycles. The Morgan fingerprint density at radius 3 is 2.59 bits per heavy atom. The van der Waals surface area contributed by atoms with Gasteiger partial charge in [0.05, 0.1) is 17.3 Å². The zero-order valence-electron chi connectivity index (χ0n) is 8.12. The van der Waals surface area contributed by atoms with E-state index < -0.39 is 11.7 Å². The molecule has 90 valence electrons. The number of hydrogen-bond donors (Lipinski definition) is 1. The van der Waals surface area contributed by atoms with E-state index in [0.29, 0.717) is 0 Å². The van der Waals surface area contributed by atoms with Crippen molar-refractivity contribution in [3.63, 3.8) is 0 Å². The lowest BCUT2D eigenvalue weighted by Crippen LogP contribution is -2.05. The van der Waals surface area contributed by atoms with Gasteiger partial charge in [-0.2, -0.15) is 21.9 Å². The maximum Gasteiger partial charge on any atom is 0.416 e. The molecule has 1 aromatic carbocycles. The number of rotatable bonds is 2. The molecule has 0 atom stereocenters. The van der Waals surface area contributed by atoms with Gasteiger partial charge in [-0.05, 0) is 18.2 Å². The van der Waals surface area contributed by atoms with E-state index >= 15 is 0 Å². The monoisotopic (exact) mass is 279 g/mol. The highest BCUT2D eigenvalue weighted by molar-refractivity contribution is 6.99. The molecule has 0 spiro atoms. The number of alkyl halides is 3. The Kier molecular flexibility index (Phi) is 3.21. The van der Waals surface area contributed by atoms with Crippen LogP contribution in [-0.2, 0) is 6.18 Å². The fraction of sp³-hybridized carbons (Fsp3) is 0.111. The third-order valence-corrected chi connectivity index (χ3v) is 2.79. The zero-order valence-corrected chi connectivity index (χ0v) is 9.70. The molecular weight excluding hydrogens is 275 g/mol. The third-order valence-electron chi connectivity index (χ3n) is 1.90. The number of anilines is 2. The van der Waals surface area contributed by atoms with E-state index in [9.17, 15) is 13.2 Å². The van der Waals surface area contributed by atoms with Gasteiger partial charge in [-0.3, -0.25) is 0 Å². The number of nitrogens with zero attached hydrogens (tertiary/aromatic N) is 2. The summed E-state index contributed by atoms with van der Waals surface area (Å²) in [7, 11) is 0. The van der Waals surface area contributed by atoms with Crippen LogP contribution in [0.5, 0.6) is 0 Å². The molecule has 0 fully saturated rings. The molecule has 0 radical (unpaired) electrons. The first-order chi connectivity index (χ1) is 7.97. The number of nitrogens with one attached hydrogen (secondary N) is 1. The van der Waals surface area contributed by atoms with Gasteiger partial charge >= 0.3 is 6.18 Å². The molecule has 3 nitrogen and oxygen atoms in total. The van der Waals surface area contributed by atoms with Crippen molar-refractivity contribution in [2.24, 2.45) is 0 Å². The van der Waals surface area contributed by atoms with Gasteiger partial charge in [-0.15, -0.1) is 0 Å². The summed E-state index contributed by atoms with van der Waals surface area (Å²) < 4.78 is 44.8. The summed E-state index contributed by atoms with van der Waals surface area (Å²) >= 11 is 6.55. The average molecular weight is 280 g/mol. The minimum absolute atomic E-state index is 0.132. The van der Waals surface area contributed by atoms with Crippen LogP contribution in [0.2, 0.25) is 5.15 Å². The van der Waals surface area contributed by atoms with Gasteiger partial charge in [-0.1, -0.05) is 17.7 Å². The molecule has 2 rings (SSSR count). The Morgan fingerprint density at radius 2 is 2.00 bits per heavy atom. The van der Waals surface area contributed by atoms with Crippen molar-refractivity contribution in [1.29, 1.82) is 0 Å². The molecule has 2 aromatic rings. The molecule has 1 N–H and O–H groups in total. The van der Waals surface area contributed by atoms with Crippen molar-refractivity contribution < 1.29 is 13.2 Å². The van der Waals surface area contributed by atoms with E-state index in [4.69, 9.17) is 11.6 Å². The van der Waals surface area contributed by atoms with Crippen LogP contribution < -0.4 is 5.32 Å². The van der Waals surface area contributed by atoms with Crippen LogP contribution in [0.25, 0.3) is 0 Å². The summed E-state index contributed by atoms with van der Waals surface area (Å²) in [5.41, 5.74) is -0.476. The second-order valence-electron chi connectivity index (χ2n) is 3.11. The van der Waals surface area contributed by atoms with E-state index in [0.717, 1.165) is 23.9 Å². The van der Waals surface area contributed by atoms with Gasteiger partial charge in [0.1, 0.15) is 0 Å². The Bertz CT molecular complexity index is 526. The topological polar surface area (TPSA) is 37.8 Å². The van der Waals surface area contributed by atoms with Gasteiger partial charge in [0.15, 0.2) is 11.0 Å². The lowest BCUT2D eigenvalue weighted by molar-refractivity contribution is -0.137. The van der Waals surface area contributed by atoms with Crippen LogP contribution in [0.15, 0.2) is 24.3 Å². The van der Waals surface area contributed by atoms with Crippen LogP contribution in [0.3, 0.4) is 0 Å². The van der Waals surface area contributed by atoms with Gasteiger partial charge in [0, 0.05) is 5.69 Å². The van der Waals surface area contributed by atoms with Crippen molar-refractivity contribution in [3.05, 3.63) is 35.0 Å². The molecule has 0 aliphatic heterocycles. The normalized spacial score (nSPS) is 11.5. The molecular formula is C9H5ClF3N3S. The second kappa shape index (κ2) is 4.50. The molecule has 0 saturated heterocycles.